The van der Waals surface area contributed by atoms with E-state index >= 15 is 0 Å². The first-order valence-corrected chi connectivity index (χ1v) is 10.8. The molecule has 3 heterocycles. The second-order valence-corrected chi connectivity index (χ2v) is 9.66. The van der Waals surface area contributed by atoms with Crippen LogP contribution < -0.4 is 5.32 Å². The van der Waals surface area contributed by atoms with E-state index in [0.717, 1.165) is 22.6 Å². The summed E-state index contributed by atoms with van der Waals surface area (Å²) in [7, 11) is 0. The molecule has 170 valence electrons. The number of fused-ring (bicyclic) bond motifs is 1. The van der Waals surface area contributed by atoms with Crippen LogP contribution in [0.5, 0.6) is 0 Å². The summed E-state index contributed by atoms with van der Waals surface area (Å²) in [5, 5.41) is 3.10. The van der Waals surface area contributed by atoms with Gasteiger partial charge in [-0.05, 0) is 60.1 Å². The normalized spacial score (nSPS) is 18.0. The maximum absolute atomic E-state index is 13.0. The highest BCUT2D eigenvalue weighted by Crippen LogP contribution is 2.25. The van der Waals surface area contributed by atoms with Gasteiger partial charge in [0.05, 0.1) is 23.4 Å². The highest BCUT2D eigenvalue weighted by atomic mass is 16.6. The molecule has 1 unspecified atom stereocenters. The molecule has 8 nitrogen and oxygen atoms in total. The van der Waals surface area contributed by atoms with Crippen molar-refractivity contribution >= 4 is 17.5 Å². The van der Waals surface area contributed by atoms with Crippen LogP contribution in [0.25, 0.3) is 5.52 Å². The summed E-state index contributed by atoms with van der Waals surface area (Å²) in [5.74, 6) is 0.555. The van der Waals surface area contributed by atoms with Gasteiger partial charge in [0.15, 0.2) is 0 Å². The van der Waals surface area contributed by atoms with Gasteiger partial charge in [-0.15, -0.1) is 0 Å². The predicted octanol–water partition coefficient (Wildman–Crippen LogP) is 3.33. The maximum atomic E-state index is 13.0. The van der Waals surface area contributed by atoms with Crippen LogP contribution in [-0.2, 0) is 19.8 Å². The molecule has 8 heteroatoms. The first-order chi connectivity index (χ1) is 14.4. The van der Waals surface area contributed by atoms with Gasteiger partial charge in [-0.1, -0.05) is 6.07 Å². The number of aromatic nitrogens is 2. The number of amides is 2. The van der Waals surface area contributed by atoms with E-state index in [4.69, 9.17) is 14.5 Å². The molecule has 0 saturated carbocycles. The summed E-state index contributed by atoms with van der Waals surface area (Å²) in [4.78, 5) is 31.7. The van der Waals surface area contributed by atoms with Crippen molar-refractivity contribution in [2.24, 2.45) is 0 Å². The summed E-state index contributed by atoms with van der Waals surface area (Å²) in [6, 6.07) is 4.03. The van der Waals surface area contributed by atoms with E-state index < -0.39 is 17.2 Å². The van der Waals surface area contributed by atoms with E-state index in [1.54, 1.807) is 4.90 Å². The van der Waals surface area contributed by atoms with Crippen molar-refractivity contribution in [3.8, 4) is 0 Å². The number of rotatable bonds is 3. The molecular weight excluding hydrogens is 396 g/mol. The van der Waals surface area contributed by atoms with Gasteiger partial charge in [0, 0.05) is 25.7 Å². The van der Waals surface area contributed by atoms with E-state index in [2.05, 4.69) is 18.3 Å². The number of pyridine rings is 1. The largest absolute Gasteiger partial charge is 0.444 e. The molecule has 0 aliphatic carbocycles. The number of hydrogen-bond donors (Lipinski definition) is 1. The molecule has 2 aromatic rings. The van der Waals surface area contributed by atoms with Crippen LogP contribution in [0, 0.1) is 13.8 Å². The quantitative estimate of drug-likeness (QED) is 0.807. The number of aryl methyl sites for hydroxylation is 2. The lowest BCUT2D eigenvalue weighted by Crippen LogP contribution is -2.48. The number of ether oxygens (including phenoxy) is 2. The Bertz CT molecular complexity index is 974. The van der Waals surface area contributed by atoms with Crippen LogP contribution in [0.15, 0.2) is 18.3 Å². The molecular formula is C23H34N4O4. The standard InChI is InChI=1S/C23H34N4O4/c1-15-9-8-11-27-18(15)16(2)24-20(27)23(6,7)25-19(28)17-10-12-26(13-14-30-17)21(29)31-22(3,4)5/h8-9,11,17H,10,12-14H2,1-7H3,(H,25,28). The number of carbonyl (C=O) groups excluding carboxylic acids is 2. The van der Waals surface area contributed by atoms with Crippen LogP contribution in [0.3, 0.4) is 0 Å². The lowest BCUT2D eigenvalue weighted by atomic mass is 10.0. The molecule has 3 rings (SSSR count). The molecule has 0 spiro atoms. The molecule has 1 aliphatic heterocycles. The number of nitrogens with one attached hydrogen (secondary N) is 1. The Morgan fingerprint density at radius 3 is 2.58 bits per heavy atom. The van der Waals surface area contributed by atoms with Crippen LogP contribution in [0.1, 0.15) is 58.1 Å². The Balaban J connectivity index is 1.70. The Morgan fingerprint density at radius 2 is 1.90 bits per heavy atom. The summed E-state index contributed by atoms with van der Waals surface area (Å²) >= 11 is 0. The van der Waals surface area contributed by atoms with E-state index in [-0.39, 0.29) is 18.6 Å². The predicted molar refractivity (Wildman–Crippen MR) is 118 cm³/mol. The van der Waals surface area contributed by atoms with Crippen LogP contribution in [0.2, 0.25) is 0 Å². The Morgan fingerprint density at radius 1 is 1.19 bits per heavy atom. The summed E-state index contributed by atoms with van der Waals surface area (Å²) in [6.07, 6.45) is 1.35. The monoisotopic (exact) mass is 430 g/mol. The van der Waals surface area contributed by atoms with Crippen LogP contribution in [0.4, 0.5) is 4.79 Å². The Kier molecular flexibility index (Phi) is 6.32. The van der Waals surface area contributed by atoms with E-state index in [1.807, 2.05) is 58.2 Å². The van der Waals surface area contributed by atoms with Crippen molar-refractivity contribution in [3.05, 3.63) is 35.4 Å². The maximum Gasteiger partial charge on any atom is 0.410 e. The summed E-state index contributed by atoms with van der Waals surface area (Å²) < 4.78 is 13.3. The lowest BCUT2D eigenvalue weighted by molar-refractivity contribution is -0.134. The summed E-state index contributed by atoms with van der Waals surface area (Å²) in [6.45, 7) is 14.5. The van der Waals surface area contributed by atoms with Gasteiger partial charge in [0.2, 0.25) is 5.91 Å². The zero-order chi connectivity index (χ0) is 23.0. The molecule has 2 amide bonds. The molecule has 0 aromatic carbocycles. The third-order valence-electron chi connectivity index (χ3n) is 5.32. The molecule has 1 aliphatic rings. The summed E-state index contributed by atoms with van der Waals surface area (Å²) in [5.41, 5.74) is 1.85. The zero-order valence-electron chi connectivity index (χ0n) is 19.6. The number of hydrogen-bond acceptors (Lipinski definition) is 5. The molecule has 31 heavy (non-hydrogen) atoms. The SMILES string of the molecule is Cc1cccn2c(C(C)(C)NC(=O)C3CCN(C(=O)OC(C)(C)C)CCO3)nc(C)c12. The number of carbonyl (C=O) groups is 2. The zero-order valence-corrected chi connectivity index (χ0v) is 19.6. The molecule has 1 N–H and O–H groups in total. The average molecular weight is 431 g/mol. The van der Waals surface area contributed by atoms with E-state index in [1.165, 1.54) is 0 Å². The highest BCUT2D eigenvalue weighted by molar-refractivity contribution is 5.82. The minimum Gasteiger partial charge on any atom is -0.444 e. The fraction of sp³-hybridized carbons (Fsp3) is 0.609. The van der Waals surface area contributed by atoms with Gasteiger partial charge in [-0.3, -0.25) is 4.79 Å². The topological polar surface area (TPSA) is 85.2 Å². The minimum absolute atomic E-state index is 0.210. The van der Waals surface area contributed by atoms with Gasteiger partial charge >= 0.3 is 6.09 Å². The van der Waals surface area contributed by atoms with Gasteiger partial charge in [0.1, 0.15) is 17.5 Å². The molecule has 0 bridgehead atoms. The molecule has 1 fully saturated rings. The van der Waals surface area contributed by atoms with Crippen LogP contribution in [-0.4, -0.2) is 57.7 Å². The second kappa shape index (κ2) is 8.49. The number of imidazole rings is 1. The number of nitrogens with zero attached hydrogens (tertiary/aromatic N) is 3. The average Bonchev–Trinajstić information content (AvgIpc) is 2.84. The highest BCUT2D eigenvalue weighted by Gasteiger charge is 2.34. The van der Waals surface area contributed by atoms with Gasteiger partial charge in [-0.25, -0.2) is 9.78 Å². The molecule has 0 radical (unpaired) electrons. The Hall–Kier alpha value is -2.61. The van der Waals surface area contributed by atoms with Crippen molar-refractivity contribution in [1.82, 2.24) is 19.6 Å². The lowest BCUT2D eigenvalue weighted by Gasteiger charge is -2.28. The minimum atomic E-state index is -0.706. The van der Waals surface area contributed by atoms with Crippen molar-refractivity contribution in [2.75, 3.05) is 19.7 Å². The van der Waals surface area contributed by atoms with Crippen molar-refractivity contribution in [3.63, 3.8) is 0 Å². The van der Waals surface area contributed by atoms with E-state index in [9.17, 15) is 9.59 Å². The van der Waals surface area contributed by atoms with Crippen molar-refractivity contribution < 1.29 is 19.1 Å². The van der Waals surface area contributed by atoms with Gasteiger partial charge < -0.3 is 24.1 Å². The van der Waals surface area contributed by atoms with Crippen LogP contribution >= 0.6 is 0 Å². The first kappa shape index (κ1) is 23.1. The van der Waals surface area contributed by atoms with E-state index in [0.29, 0.717) is 19.5 Å². The molecule has 1 atom stereocenters. The molecule has 2 aromatic heterocycles. The second-order valence-electron chi connectivity index (χ2n) is 9.66. The smallest absolute Gasteiger partial charge is 0.410 e. The van der Waals surface area contributed by atoms with Crippen molar-refractivity contribution in [1.29, 1.82) is 0 Å². The Labute approximate surface area is 183 Å². The fourth-order valence-corrected chi connectivity index (χ4v) is 3.89. The fourth-order valence-electron chi connectivity index (χ4n) is 3.89. The molecule has 1 saturated heterocycles. The van der Waals surface area contributed by atoms with Crippen molar-refractivity contribution in [2.45, 2.75) is 72.1 Å². The van der Waals surface area contributed by atoms with Gasteiger partial charge in [-0.2, -0.15) is 0 Å². The third-order valence-corrected chi connectivity index (χ3v) is 5.32. The van der Waals surface area contributed by atoms with Gasteiger partial charge in [0.25, 0.3) is 0 Å². The third kappa shape index (κ3) is 5.18. The first-order valence-electron chi connectivity index (χ1n) is 10.8.